The molecule has 0 aliphatic rings. The summed E-state index contributed by atoms with van der Waals surface area (Å²) in [6, 6.07) is 13.8. The molecule has 0 aliphatic heterocycles. The Bertz CT molecular complexity index is 672. The molecule has 0 spiro atoms. The minimum absolute atomic E-state index is 0.167. The summed E-state index contributed by atoms with van der Waals surface area (Å²) in [5.41, 5.74) is 1.25. The van der Waals surface area contributed by atoms with E-state index in [0.717, 1.165) is 5.56 Å². The minimum atomic E-state index is -0.284. The van der Waals surface area contributed by atoms with Gasteiger partial charge in [0.15, 0.2) is 12.9 Å². The van der Waals surface area contributed by atoms with E-state index in [4.69, 9.17) is 16.3 Å². The number of hydrogen-bond acceptors (Lipinski definition) is 3. The quantitative estimate of drug-likeness (QED) is 0.831. The molecule has 0 bridgehead atoms. The molecular weight excluding hydrogens is 302 g/mol. The normalized spacial score (nSPS) is 11.5. The van der Waals surface area contributed by atoms with Crippen molar-refractivity contribution in [1.29, 1.82) is 0 Å². The van der Waals surface area contributed by atoms with Gasteiger partial charge in [-0.15, -0.1) is 0 Å². The number of para-hydroxylation sites is 1. The maximum absolute atomic E-state index is 11.9. The van der Waals surface area contributed by atoms with Crippen molar-refractivity contribution in [3.63, 3.8) is 0 Å². The molecule has 1 amide bonds. The monoisotopic (exact) mass is 317 g/mol. The zero-order valence-electron chi connectivity index (χ0n) is 12.1. The molecule has 2 rings (SSSR count). The third kappa shape index (κ3) is 4.09. The van der Waals surface area contributed by atoms with Gasteiger partial charge in [-0.25, -0.2) is 0 Å². The van der Waals surface area contributed by atoms with Gasteiger partial charge in [0.05, 0.1) is 11.6 Å². The van der Waals surface area contributed by atoms with E-state index in [-0.39, 0.29) is 18.6 Å². The predicted molar refractivity (Wildman–Crippen MR) is 85.3 cm³/mol. The van der Waals surface area contributed by atoms with Crippen LogP contribution in [0.2, 0.25) is 5.02 Å². The number of amides is 1. The zero-order valence-corrected chi connectivity index (χ0v) is 12.8. The van der Waals surface area contributed by atoms with Crippen LogP contribution in [0.1, 0.15) is 28.9 Å². The fourth-order valence-electron chi connectivity index (χ4n) is 2.04. The molecule has 4 nitrogen and oxygen atoms in total. The number of aldehydes is 1. The van der Waals surface area contributed by atoms with Crippen LogP contribution in [0.4, 0.5) is 0 Å². The highest BCUT2D eigenvalue weighted by atomic mass is 35.5. The number of rotatable bonds is 6. The van der Waals surface area contributed by atoms with Gasteiger partial charge in [-0.3, -0.25) is 9.59 Å². The first-order chi connectivity index (χ1) is 10.6. The Kier molecular flexibility index (Phi) is 5.55. The summed E-state index contributed by atoms with van der Waals surface area (Å²) >= 11 is 6.09. The second kappa shape index (κ2) is 7.61. The molecule has 5 heteroatoms. The molecule has 2 aromatic carbocycles. The van der Waals surface area contributed by atoms with Crippen LogP contribution < -0.4 is 10.1 Å². The molecule has 2 aromatic rings. The van der Waals surface area contributed by atoms with Crippen molar-refractivity contribution in [3.05, 3.63) is 64.7 Å². The van der Waals surface area contributed by atoms with E-state index < -0.39 is 0 Å². The zero-order chi connectivity index (χ0) is 15.9. The Hall–Kier alpha value is -2.33. The molecular formula is C17H16ClNO3. The second-order valence-electron chi connectivity index (χ2n) is 4.76. The van der Waals surface area contributed by atoms with E-state index in [1.54, 1.807) is 30.3 Å². The van der Waals surface area contributed by atoms with Gasteiger partial charge in [0.1, 0.15) is 5.75 Å². The summed E-state index contributed by atoms with van der Waals surface area (Å²) in [6.45, 7) is 1.68. The summed E-state index contributed by atoms with van der Waals surface area (Å²) in [4.78, 5) is 22.8. The van der Waals surface area contributed by atoms with E-state index in [9.17, 15) is 9.59 Å². The SMILES string of the molecule is CC(NC(=O)COc1ccccc1C=O)c1ccccc1Cl. The molecule has 0 aliphatic carbocycles. The highest BCUT2D eigenvalue weighted by molar-refractivity contribution is 6.31. The Balaban J connectivity index is 1.93. The van der Waals surface area contributed by atoms with Crippen molar-refractivity contribution in [3.8, 4) is 5.75 Å². The van der Waals surface area contributed by atoms with Crippen LogP contribution in [0.15, 0.2) is 48.5 Å². The van der Waals surface area contributed by atoms with Gasteiger partial charge >= 0.3 is 0 Å². The van der Waals surface area contributed by atoms with Crippen molar-refractivity contribution in [1.82, 2.24) is 5.32 Å². The molecule has 0 fully saturated rings. The number of halogens is 1. The Morgan fingerprint density at radius 3 is 2.64 bits per heavy atom. The van der Waals surface area contributed by atoms with Crippen LogP contribution in [0.3, 0.4) is 0 Å². The number of carbonyl (C=O) groups is 2. The van der Waals surface area contributed by atoms with E-state index in [1.807, 2.05) is 25.1 Å². The van der Waals surface area contributed by atoms with Crippen LogP contribution in [0, 0.1) is 0 Å². The molecule has 1 unspecified atom stereocenters. The molecule has 0 saturated carbocycles. The van der Waals surface area contributed by atoms with Crippen LogP contribution >= 0.6 is 11.6 Å². The molecule has 22 heavy (non-hydrogen) atoms. The lowest BCUT2D eigenvalue weighted by atomic mass is 10.1. The van der Waals surface area contributed by atoms with Crippen LogP contribution in [0.5, 0.6) is 5.75 Å². The van der Waals surface area contributed by atoms with E-state index >= 15 is 0 Å². The lowest BCUT2D eigenvalue weighted by Crippen LogP contribution is -2.31. The molecule has 0 radical (unpaired) electrons. The largest absolute Gasteiger partial charge is 0.483 e. The van der Waals surface area contributed by atoms with Crippen molar-refractivity contribution < 1.29 is 14.3 Å². The minimum Gasteiger partial charge on any atom is -0.483 e. The van der Waals surface area contributed by atoms with Crippen LogP contribution in [-0.2, 0) is 4.79 Å². The van der Waals surface area contributed by atoms with Crippen LogP contribution in [0.25, 0.3) is 0 Å². The first-order valence-corrected chi connectivity index (χ1v) is 7.20. The highest BCUT2D eigenvalue weighted by Gasteiger charge is 2.13. The van der Waals surface area contributed by atoms with Gasteiger partial charge in [-0.1, -0.05) is 41.9 Å². The van der Waals surface area contributed by atoms with E-state index in [0.29, 0.717) is 22.6 Å². The van der Waals surface area contributed by atoms with E-state index in [2.05, 4.69) is 5.32 Å². The fraction of sp³-hybridized carbons (Fsp3) is 0.176. The van der Waals surface area contributed by atoms with Crippen molar-refractivity contribution in [2.75, 3.05) is 6.61 Å². The molecule has 114 valence electrons. The topological polar surface area (TPSA) is 55.4 Å². The van der Waals surface area contributed by atoms with Gasteiger partial charge in [-0.2, -0.15) is 0 Å². The second-order valence-corrected chi connectivity index (χ2v) is 5.16. The van der Waals surface area contributed by atoms with Gasteiger partial charge in [0, 0.05) is 5.02 Å². The van der Waals surface area contributed by atoms with Crippen molar-refractivity contribution in [2.24, 2.45) is 0 Å². The first-order valence-electron chi connectivity index (χ1n) is 6.82. The number of ether oxygens (including phenoxy) is 1. The summed E-state index contributed by atoms with van der Waals surface area (Å²) in [5, 5.41) is 3.41. The third-order valence-corrected chi connectivity index (χ3v) is 3.50. The molecule has 1 atom stereocenters. The molecule has 1 N–H and O–H groups in total. The fourth-order valence-corrected chi connectivity index (χ4v) is 2.34. The maximum atomic E-state index is 11.9. The lowest BCUT2D eigenvalue weighted by molar-refractivity contribution is -0.123. The molecule has 0 heterocycles. The molecule has 0 saturated heterocycles. The number of nitrogens with one attached hydrogen (secondary N) is 1. The van der Waals surface area contributed by atoms with Crippen LogP contribution in [-0.4, -0.2) is 18.8 Å². The lowest BCUT2D eigenvalue weighted by Gasteiger charge is -2.16. The first kappa shape index (κ1) is 16.0. The van der Waals surface area contributed by atoms with Crippen molar-refractivity contribution in [2.45, 2.75) is 13.0 Å². The third-order valence-electron chi connectivity index (χ3n) is 3.15. The maximum Gasteiger partial charge on any atom is 0.258 e. The van der Waals surface area contributed by atoms with Gasteiger partial charge < -0.3 is 10.1 Å². The Labute approximate surface area is 134 Å². The predicted octanol–water partition coefficient (Wildman–Crippen LogP) is 3.41. The van der Waals surface area contributed by atoms with Crippen molar-refractivity contribution >= 4 is 23.8 Å². The Morgan fingerprint density at radius 1 is 1.23 bits per heavy atom. The number of carbonyl (C=O) groups excluding carboxylic acids is 2. The average molecular weight is 318 g/mol. The summed E-state index contributed by atoms with van der Waals surface area (Å²) in [7, 11) is 0. The van der Waals surface area contributed by atoms with Gasteiger partial charge in [-0.05, 0) is 30.7 Å². The van der Waals surface area contributed by atoms with E-state index in [1.165, 1.54) is 0 Å². The summed E-state index contributed by atoms with van der Waals surface area (Å²) in [5.74, 6) is 0.103. The molecule has 0 aromatic heterocycles. The number of hydrogen-bond donors (Lipinski definition) is 1. The van der Waals surface area contributed by atoms with Gasteiger partial charge in [0.25, 0.3) is 5.91 Å². The summed E-state index contributed by atoms with van der Waals surface area (Å²) in [6.07, 6.45) is 0.694. The van der Waals surface area contributed by atoms with Gasteiger partial charge in [0.2, 0.25) is 0 Å². The standard InChI is InChI=1S/C17H16ClNO3/c1-12(14-7-3-4-8-15(14)18)19-17(21)11-22-16-9-5-2-6-13(16)10-20/h2-10,12H,11H2,1H3,(H,19,21). The highest BCUT2D eigenvalue weighted by Crippen LogP contribution is 2.22. The smallest absolute Gasteiger partial charge is 0.258 e. The number of benzene rings is 2. The Morgan fingerprint density at radius 2 is 1.91 bits per heavy atom. The average Bonchev–Trinajstić information content (AvgIpc) is 2.53. The summed E-state index contributed by atoms with van der Waals surface area (Å²) < 4.78 is 5.38.